The molecule has 0 saturated carbocycles. The van der Waals surface area contributed by atoms with E-state index in [0.29, 0.717) is 12.2 Å². The van der Waals surface area contributed by atoms with Crippen LogP contribution in [0.4, 0.5) is 17.1 Å². The fourth-order valence-electron chi connectivity index (χ4n) is 2.00. The Morgan fingerprint density at radius 3 is 2.50 bits per heavy atom. The minimum absolute atomic E-state index is 0.0522. The first-order valence-electron chi connectivity index (χ1n) is 6.16. The largest absolute Gasteiger partial charge is 0.375 e. The normalized spacial score (nSPS) is 10.1. The van der Waals surface area contributed by atoms with Crippen LogP contribution in [0.15, 0.2) is 42.5 Å². The van der Waals surface area contributed by atoms with Crippen LogP contribution < -0.4 is 16.6 Å². The van der Waals surface area contributed by atoms with Gasteiger partial charge < -0.3 is 10.7 Å². The van der Waals surface area contributed by atoms with Gasteiger partial charge in [-0.15, -0.1) is 0 Å². The lowest BCUT2D eigenvalue weighted by atomic mass is 10.1. The summed E-state index contributed by atoms with van der Waals surface area (Å²) < 4.78 is 0. The molecule has 0 aliphatic carbocycles. The van der Waals surface area contributed by atoms with E-state index in [1.807, 2.05) is 31.2 Å². The molecule has 0 aliphatic heterocycles. The number of rotatable bonds is 5. The van der Waals surface area contributed by atoms with Crippen molar-refractivity contribution >= 4 is 17.1 Å². The van der Waals surface area contributed by atoms with Gasteiger partial charge in [0, 0.05) is 6.54 Å². The number of nitrogen functional groups attached to an aromatic ring is 1. The lowest BCUT2D eigenvalue weighted by molar-refractivity contribution is -0.383. The number of hydrazine groups is 1. The van der Waals surface area contributed by atoms with Gasteiger partial charge in [-0.3, -0.25) is 16.0 Å². The van der Waals surface area contributed by atoms with Crippen molar-refractivity contribution in [2.75, 3.05) is 10.7 Å². The van der Waals surface area contributed by atoms with Crippen molar-refractivity contribution in [1.82, 2.24) is 0 Å². The van der Waals surface area contributed by atoms with Crippen LogP contribution in [0.3, 0.4) is 0 Å². The van der Waals surface area contributed by atoms with Crippen molar-refractivity contribution in [3.05, 3.63) is 63.7 Å². The minimum Gasteiger partial charge on any atom is -0.375 e. The maximum absolute atomic E-state index is 11.1. The molecule has 20 heavy (non-hydrogen) atoms. The Balaban J connectivity index is 2.26. The number of hydrogen-bond acceptors (Lipinski definition) is 5. The second kappa shape index (κ2) is 6.03. The van der Waals surface area contributed by atoms with Gasteiger partial charge in [-0.1, -0.05) is 30.3 Å². The Morgan fingerprint density at radius 2 is 1.85 bits per heavy atom. The maximum Gasteiger partial charge on any atom is 0.316 e. The summed E-state index contributed by atoms with van der Waals surface area (Å²) in [6.45, 7) is 2.52. The summed E-state index contributed by atoms with van der Waals surface area (Å²) in [5.41, 5.74) is 5.24. The molecule has 0 atom stereocenters. The molecule has 0 spiro atoms. The Hall–Kier alpha value is -2.60. The van der Waals surface area contributed by atoms with E-state index in [2.05, 4.69) is 10.7 Å². The van der Waals surface area contributed by atoms with Gasteiger partial charge in [0.25, 0.3) is 0 Å². The van der Waals surface area contributed by atoms with Crippen LogP contribution in [-0.4, -0.2) is 4.92 Å². The number of nitro benzene ring substituents is 1. The number of nitrogens with one attached hydrogen (secondary N) is 2. The molecular formula is C14H16N4O2. The van der Waals surface area contributed by atoms with E-state index in [4.69, 9.17) is 5.84 Å². The van der Waals surface area contributed by atoms with Crippen LogP contribution in [-0.2, 0) is 6.54 Å². The summed E-state index contributed by atoms with van der Waals surface area (Å²) in [5, 5.41) is 14.2. The van der Waals surface area contributed by atoms with Gasteiger partial charge in [0.05, 0.1) is 4.92 Å². The van der Waals surface area contributed by atoms with Crippen molar-refractivity contribution in [3.63, 3.8) is 0 Å². The third-order valence-electron chi connectivity index (χ3n) is 3.10. The van der Waals surface area contributed by atoms with Crippen molar-refractivity contribution in [2.24, 2.45) is 5.84 Å². The first-order chi connectivity index (χ1) is 9.63. The molecule has 4 N–H and O–H groups in total. The number of para-hydroxylation sites is 1. The Kier molecular flexibility index (Phi) is 4.17. The molecule has 6 nitrogen and oxygen atoms in total. The molecule has 0 bridgehead atoms. The predicted octanol–water partition coefficient (Wildman–Crippen LogP) is 2.80. The lowest BCUT2D eigenvalue weighted by Crippen LogP contribution is -2.11. The lowest BCUT2D eigenvalue weighted by Gasteiger charge is -2.11. The molecule has 0 fully saturated rings. The molecule has 0 unspecified atom stereocenters. The summed E-state index contributed by atoms with van der Waals surface area (Å²) >= 11 is 0. The SMILES string of the molecule is Cc1ccccc1CNc1cccc(NN)c1[N+](=O)[O-]. The smallest absolute Gasteiger partial charge is 0.316 e. The zero-order chi connectivity index (χ0) is 14.5. The second-order valence-corrected chi connectivity index (χ2v) is 4.38. The van der Waals surface area contributed by atoms with Gasteiger partial charge in [0.2, 0.25) is 0 Å². The standard InChI is InChI=1S/C14H16N4O2/c1-10-5-2-3-6-11(10)9-16-12-7-4-8-13(17-15)14(12)18(19)20/h2-8,16-17H,9,15H2,1H3. The summed E-state index contributed by atoms with van der Waals surface area (Å²) in [5.74, 6) is 5.31. The highest BCUT2D eigenvalue weighted by molar-refractivity contribution is 5.75. The molecule has 0 saturated heterocycles. The molecule has 104 valence electrons. The van der Waals surface area contributed by atoms with Crippen molar-refractivity contribution in [3.8, 4) is 0 Å². The topological polar surface area (TPSA) is 93.2 Å². The first kappa shape index (κ1) is 13.8. The molecule has 2 aromatic carbocycles. The third-order valence-corrected chi connectivity index (χ3v) is 3.10. The molecule has 0 amide bonds. The number of benzene rings is 2. The van der Waals surface area contributed by atoms with E-state index in [9.17, 15) is 10.1 Å². The fourth-order valence-corrected chi connectivity index (χ4v) is 2.00. The number of nitro groups is 1. The number of aryl methyl sites for hydroxylation is 1. The summed E-state index contributed by atoms with van der Waals surface area (Å²) in [4.78, 5) is 10.7. The molecule has 2 aromatic rings. The quantitative estimate of drug-likeness (QED) is 0.442. The Bertz CT molecular complexity index is 628. The van der Waals surface area contributed by atoms with Gasteiger partial charge in [-0.25, -0.2) is 0 Å². The molecule has 0 aromatic heterocycles. The zero-order valence-corrected chi connectivity index (χ0v) is 11.1. The van der Waals surface area contributed by atoms with Crippen molar-refractivity contribution in [1.29, 1.82) is 0 Å². The molecule has 0 radical (unpaired) electrons. The Labute approximate surface area is 116 Å². The van der Waals surface area contributed by atoms with Gasteiger partial charge in [0.15, 0.2) is 0 Å². The summed E-state index contributed by atoms with van der Waals surface area (Å²) in [7, 11) is 0. The second-order valence-electron chi connectivity index (χ2n) is 4.38. The predicted molar refractivity (Wildman–Crippen MR) is 79.4 cm³/mol. The van der Waals surface area contributed by atoms with Crippen molar-refractivity contribution < 1.29 is 4.92 Å². The van der Waals surface area contributed by atoms with Crippen molar-refractivity contribution in [2.45, 2.75) is 13.5 Å². The monoisotopic (exact) mass is 272 g/mol. The van der Waals surface area contributed by atoms with Crippen LogP contribution in [0.5, 0.6) is 0 Å². The molecule has 0 heterocycles. The highest BCUT2D eigenvalue weighted by atomic mass is 16.6. The number of hydrogen-bond donors (Lipinski definition) is 3. The van der Waals surface area contributed by atoms with E-state index in [1.165, 1.54) is 0 Å². The average molecular weight is 272 g/mol. The molecule has 2 rings (SSSR count). The Morgan fingerprint density at radius 1 is 1.15 bits per heavy atom. The van der Waals surface area contributed by atoms with Crippen LogP contribution in [0.1, 0.15) is 11.1 Å². The van der Waals surface area contributed by atoms with E-state index in [0.717, 1.165) is 11.1 Å². The van der Waals surface area contributed by atoms with Gasteiger partial charge >= 0.3 is 5.69 Å². The molecule has 0 aliphatic rings. The van der Waals surface area contributed by atoms with Gasteiger partial charge in [-0.2, -0.15) is 0 Å². The highest BCUT2D eigenvalue weighted by Crippen LogP contribution is 2.32. The first-order valence-corrected chi connectivity index (χ1v) is 6.16. The zero-order valence-electron chi connectivity index (χ0n) is 11.1. The van der Waals surface area contributed by atoms with E-state index in [-0.39, 0.29) is 11.4 Å². The van der Waals surface area contributed by atoms with Crippen LogP contribution in [0.25, 0.3) is 0 Å². The fraction of sp³-hybridized carbons (Fsp3) is 0.143. The molecule has 6 heteroatoms. The van der Waals surface area contributed by atoms with Crippen LogP contribution >= 0.6 is 0 Å². The number of nitrogens with two attached hydrogens (primary N) is 1. The number of anilines is 2. The van der Waals surface area contributed by atoms with Gasteiger partial charge in [0.1, 0.15) is 11.4 Å². The third kappa shape index (κ3) is 2.86. The minimum atomic E-state index is -0.449. The van der Waals surface area contributed by atoms with E-state index in [1.54, 1.807) is 18.2 Å². The maximum atomic E-state index is 11.1. The summed E-state index contributed by atoms with van der Waals surface area (Å²) in [6, 6.07) is 12.8. The number of nitrogens with zero attached hydrogens (tertiary/aromatic N) is 1. The van der Waals surface area contributed by atoms with Gasteiger partial charge in [-0.05, 0) is 30.2 Å². The molecular weight excluding hydrogens is 256 g/mol. The van der Waals surface area contributed by atoms with Crippen LogP contribution in [0, 0.1) is 17.0 Å². The van der Waals surface area contributed by atoms with Crippen LogP contribution in [0.2, 0.25) is 0 Å². The average Bonchev–Trinajstić information content (AvgIpc) is 2.45. The van der Waals surface area contributed by atoms with E-state index >= 15 is 0 Å². The summed E-state index contributed by atoms with van der Waals surface area (Å²) in [6.07, 6.45) is 0. The van der Waals surface area contributed by atoms with E-state index < -0.39 is 4.92 Å². The highest BCUT2D eigenvalue weighted by Gasteiger charge is 2.18.